The van der Waals surface area contributed by atoms with Gasteiger partial charge in [0.1, 0.15) is 6.10 Å². The number of nitrogens with one attached hydrogen (secondary N) is 2. The van der Waals surface area contributed by atoms with Crippen molar-refractivity contribution in [1.82, 2.24) is 25.3 Å². The summed E-state index contributed by atoms with van der Waals surface area (Å²) in [7, 11) is 1.91. The number of nitrogens with zero attached hydrogens (tertiary/aromatic N) is 3. The predicted molar refractivity (Wildman–Crippen MR) is 88.4 cm³/mol. The molecule has 0 radical (unpaired) electrons. The Bertz CT molecular complexity index is 869. The van der Waals surface area contributed by atoms with Gasteiger partial charge in [-0.3, -0.25) is 14.6 Å². The fourth-order valence-electron chi connectivity index (χ4n) is 3.28. The van der Waals surface area contributed by atoms with Crippen molar-refractivity contribution in [2.45, 2.75) is 12.5 Å². The molecule has 124 valence electrons. The zero-order valence-electron chi connectivity index (χ0n) is 13.4. The summed E-state index contributed by atoms with van der Waals surface area (Å²) in [5, 5.41) is 15.1. The number of aromatic amines is 1. The van der Waals surface area contributed by atoms with Crippen molar-refractivity contribution in [1.29, 1.82) is 0 Å². The lowest BCUT2D eigenvalue weighted by Crippen LogP contribution is -2.31. The molecule has 1 saturated heterocycles. The van der Waals surface area contributed by atoms with Crippen LogP contribution in [-0.4, -0.2) is 39.0 Å². The smallest absolute Gasteiger partial charge is 0.272 e. The van der Waals surface area contributed by atoms with E-state index in [1.165, 1.54) is 0 Å². The Kier molecular flexibility index (Phi) is 3.78. The van der Waals surface area contributed by atoms with Gasteiger partial charge in [-0.15, -0.1) is 0 Å². The molecule has 2 aromatic heterocycles. The van der Waals surface area contributed by atoms with Gasteiger partial charge < -0.3 is 10.1 Å². The molecule has 7 nitrogen and oxygen atoms in total. The van der Waals surface area contributed by atoms with Gasteiger partial charge in [0.25, 0.3) is 5.91 Å². The van der Waals surface area contributed by atoms with E-state index in [9.17, 15) is 4.79 Å². The van der Waals surface area contributed by atoms with Crippen molar-refractivity contribution in [3.63, 3.8) is 0 Å². The molecule has 1 aliphatic rings. The number of aryl methyl sites for hydroxylation is 1. The summed E-state index contributed by atoms with van der Waals surface area (Å²) in [5.74, 6) is 0.0673. The zero-order chi connectivity index (χ0) is 16.5. The SMILES string of the molecule is Cn1nccc1[C@@H]1OCC[C@H]1CNC(=O)c1n[nH]c2ccccc12. The minimum Gasteiger partial charge on any atom is -0.372 e. The third kappa shape index (κ3) is 2.56. The molecule has 0 unspecified atom stereocenters. The molecule has 4 rings (SSSR count). The number of aromatic nitrogens is 4. The number of amides is 1. The Morgan fingerprint density at radius 2 is 2.29 bits per heavy atom. The van der Waals surface area contributed by atoms with Crippen LogP contribution in [0.1, 0.15) is 28.7 Å². The van der Waals surface area contributed by atoms with Gasteiger partial charge in [-0.1, -0.05) is 18.2 Å². The van der Waals surface area contributed by atoms with Crippen LogP contribution in [0, 0.1) is 5.92 Å². The molecule has 0 spiro atoms. The topological polar surface area (TPSA) is 84.8 Å². The lowest BCUT2D eigenvalue weighted by Gasteiger charge is -2.19. The van der Waals surface area contributed by atoms with E-state index in [0.29, 0.717) is 18.8 Å². The summed E-state index contributed by atoms with van der Waals surface area (Å²) in [4.78, 5) is 12.5. The van der Waals surface area contributed by atoms with Gasteiger partial charge in [0.15, 0.2) is 5.69 Å². The highest BCUT2D eigenvalue weighted by Gasteiger charge is 2.32. The predicted octanol–water partition coefficient (Wildman–Crippen LogP) is 1.80. The second kappa shape index (κ2) is 6.09. The Hall–Kier alpha value is -2.67. The molecule has 7 heteroatoms. The quantitative estimate of drug-likeness (QED) is 0.766. The van der Waals surface area contributed by atoms with Gasteiger partial charge in [-0.25, -0.2) is 0 Å². The monoisotopic (exact) mass is 325 g/mol. The van der Waals surface area contributed by atoms with Crippen LogP contribution in [0.3, 0.4) is 0 Å². The number of H-pyrrole nitrogens is 1. The van der Waals surface area contributed by atoms with Gasteiger partial charge in [0.2, 0.25) is 0 Å². The number of rotatable bonds is 4. The summed E-state index contributed by atoms with van der Waals surface area (Å²) in [6.07, 6.45) is 2.65. The maximum Gasteiger partial charge on any atom is 0.272 e. The third-order valence-corrected chi connectivity index (χ3v) is 4.57. The number of para-hydroxylation sites is 1. The summed E-state index contributed by atoms with van der Waals surface area (Å²) in [6.45, 7) is 1.25. The van der Waals surface area contributed by atoms with Gasteiger partial charge in [0.05, 0.1) is 11.2 Å². The van der Waals surface area contributed by atoms with Crippen LogP contribution in [0.5, 0.6) is 0 Å². The molecule has 2 N–H and O–H groups in total. The van der Waals surface area contributed by atoms with Crippen LogP contribution in [-0.2, 0) is 11.8 Å². The molecule has 2 atom stereocenters. The molecule has 0 saturated carbocycles. The van der Waals surface area contributed by atoms with E-state index in [1.54, 1.807) is 6.20 Å². The number of ether oxygens (including phenoxy) is 1. The minimum absolute atomic E-state index is 0.0336. The first-order valence-corrected chi connectivity index (χ1v) is 8.05. The number of fused-ring (bicyclic) bond motifs is 1. The van der Waals surface area contributed by atoms with E-state index in [0.717, 1.165) is 23.0 Å². The minimum atomic E-state index is -0.164. The highest BCUT2D eigenvalue weighted by atomic mass is 16.5. The average Bonchev–Trinajstić information content (AvgIpc) is 3.31. The highest BCUT2D eigenvalue weighted by Crippen LogP contribution is 2.33. The van der Waals surface area contributed by atoms with Crippen molar-refractivity contribution in [2.24, 2.45) is 13.0 Å². The van der Waals surface area contributed by atoms with Crippen molar-refractivity contribution in [3.8, 4) is 0 Å². The van der Waals surface area contributed by atoms with E-state index < -0.39 is 0 Å². The molecule has 0 bridgehead atoms. The fourth-order valence-corrected chi connectivity index (χ4v) is 3.28. The molecule has 1 aromatic carbocycles. The van der Waals surface area contributed by atoms with Crippen molar-refractivity contribution < 1.29 is 9.53 Å². The van der Waals surface area contributed by atoms with E-state index in [4.69, 9.17) is 4.74 Å². The van der Waals surface area contributed by atoms with Gasteiger partial charge in [0, 0.05) is 37.7 Å². The Morgan fingerprint density at radius 1 is 1.42 bits per heavy atom. The molecular weight excluding hydrogens is 306 g/mol. The lowest BCUT2D eigenvalue weighted by molar-refractivity contribution is 0.0800. The number of carbonyl (C=O) groups is 1. The Morgan fingerprint density at radius 3 is 3.12 bits per heavy atom. The van der Waals surface area contributed by atoms with E-state index in [-0.39, 0.29) is 17.9 Å². The van der Waals surface area contributed by atoms with Crippen LogP contribution in [0.4, 0.5) is 0 Å². The zero-order valence-corrected chi connectivity index (χ0v) is 13.4. The fraction of sp³-hybridized carbons (Fsp3) is 0.353. The third-order valence-electron chi connectivity index (χ3n) is 4.57. The molecule has 24 heavy (non-hydrogen) atoms. The molecule has 3 heterocycles. The van der Waals surface area contributed by atoms with Crippen LogP contribution in [0.2, 0.25) is 0 Å². The first-order chi connectivity index (χ1) is 11.7. The number of carbonyl (C=O) groups excluding carboxylic acids is 1. The van der Waals surface area contributed by atoms with Crippen LogP contribution in [0.15, 0.2) is 36.5 Å². The van der Waals surface area contributed by atoms with Crippen molar-refractivity contribution in [2.75, 3.05) is 13.2 Å². The van der Waals surface area contributed by atoms with E-state index >= 15 is 0 Å². The highest BCUT2D eigenvalue weighted by molar-refractivity contribution is 6.04. The maximum absolute atomic E-state index is 12.5. The van der Waals surface area contributed by atoms with Gasteiger partial charge >= 0.3 is 0 Å². The molecule has 1 fully saturated rings. The first-order valence-electron chi connectivity index (χ1n) is 8.05. The number of hydrogen-bond acceptors (Lipinski definition) is 4. The van der Waals surface area contributed by atoms with Crippen molar-refractivity contribution >= 4 is 16.8 Å². The van der Waals surface area contributed by atoms with E-state index in [1.807, 2.05) is 42.1 Å². The standard InChI is InChI=1S/C17H19N5O2/c1-22-14(6-8-19-22)16-11(7-9-24-16)10-18-17(23)15-12-4-2-3-5-13(12)20-21-15/h2-6,8,11,16H,7,9-10H2,1H3,(H,18,23)(H,20,21)/t11-,16+/m0/s1. The summed E-state index contributed by atoms with van der Waals surface area (Å²) in [6, 6.07) is 9.58. The first kappa shape index (κ1) is 14.9. The molecular formula is C17H19N5O2. The van der Waals surface area contributed by atoms with Crippen molar-refractivity contribution in [3.05, 3.63) is 47.9 Å². The Balaban J connectivity index is 1.46. The van der Waals surface area contributed by atoms with Gasteiger partial charge in [-0.2, -0.15) is 10.2 Å². The van der Waals surface area contributed by atoms with Crippen LogP contribution >= 0.6 is 0 Å². The molecule has 1 aliphatic heterocycles. The average molecular weight is 325 g/mol. The number of benzene rings is 1. The normalized spacial score (nSPS) is 20.5. The molecule has 1 amide bonds. The largest absolute Gasteiger partial charge is 0.372 e. The van der Waals surface area contributed by atoms with Crippen LogP contribution < -0.4 is 5.32 Å². The lowest BCUT2D eigenvalue weighted by atomic mass is 9.99. The molecule has 3 aromatic rings. The maximum atomic E-state index is 12.5. The molecule has 0 aliphatic carbocycles. The van der Waals surface area contributed by atoms with Gasteiger partial charge in [-0.05, 0) is 18.6 Å². The van der Waals surface area contributed by atoms with Crippen LogP contribution in [0.25, 0.3) is 10.9 Å². The summed E-state index contributed by atoms with van der Waals surface area (Å²) in [5.41, 5.74) is 2.33. The Labute approximate surface area is 139 Å². The second-order valence-corrected chi connectivity index (χ2v) is 6.05. The van der Waals surface area contributed by atoms with E-state index in [2.05, 4.69) is 20.6 Å². The second-order valence-electron chi connectivity index (χ2n) is 6.05. The number of hydrogen-bond donors (Lipinski definition) is 2. The summed E-state index contributed by atoms with van der Waals surface area (Å²) < 4.78 is 7.68. The summed E-state index contributed by atoms with van der Waals surface area (Å²) >= 11 is 0.